The van der Waals surface area contributed by atoms with Gasteiger partial charge in [-0.1, -0.05) is 6.92 Å². The summed E-state index contributed by atoms with van der Waals surface area (Å²) in [5, 5.41) is 9.97. The maximum Gasteiger partial charge on any atom is 0.182 e. The van der Waals surface area contributed by atoms with Crippen LogP contribution in [0.3, 0.4) is 0 Å². The van der Waals surface area contributed by atoms with E-state index in [0.717, 1.165) is 30.7 Å². The van der Waals surface area contributed by atoms with Crippen LogP contribution in [0.1, 0.15) is 25.5 Å². The lowest BCUT2D eigenvalue weighted by atomic mass is 10.4. The third kappa shape index (κ3) is 2.96. The molecule has 1 fully saturated rings. The molecule has 0 saturated heterocycles. The predicted molar refractivity (Wildman–Crippen MR) is 61.0 cm³/mol. The number of nitrogens with zero attached hydrogens (tertiary/aromatic N) is 1. The zero-order valence-corrected chi connectivity index (χ0v) is 9.36. The molecule has 0 spiro atoms. The molecule has 0 radical (unpaired) electrons. The summed E-state index contributed by atoms with van der Waals surface area (Å²) in [5.74, 6) is 0. The lowest BCUT2D eigenvalue weighted by Crippen LogP contribution is -2.23. The maximum atomic E-state index is 4.44. The molecule has 1 heterocycles. The average molecular weight is 211 g/mol. The first-order valence-electron chi connectivity index (χ1n) is 5.30. The lowest BCUT2D eigenvalue weighted by Gasteiger charge is -2.03. The molecule has 0 aromatic carbocycles. The number of aryl methyl sites for hydroxylation is 1. The highest BCUT2D eigenvalue weighted by atomic mass is 32.1. The minimum atomic E-state index is 0.805. The van der Waals surface area contributed by atoms with Crippen molar-refractivity contribution >= 4 is 16.5 Å². The normalized spacial score (nSPS) is 15.8. The van der Waals surface area contributed by atoms with Crippen molar-refractivity contribution in [2.45, 2.75) is 32.2 Å². The van der Waals surface area contributed by atoms with Crippen LogP contribution in [0.5, 0.6) is 0 Å². The SMILES string of the molecule is CCc1csc(NCCNC2CC2)n1. The van der Waals surface area contributed by atoms with Crippen LogP contribution < -0.4 is 10.6 Å². The number of nitrogens with one attached hydrogen (secondary N) is 2. The van der Waals surface area contributed by atoms with E-state index in [0.29, 0.717) is 0 Å². The molecule has 1 aliphatic carbocycles. The van der Waals surface area contributed by atoms with Gasteiger partial charge in [-0.3, -0.25) is 0 Å². The van der Waals surface area contributed by atoms with Crippen LogP contribution in [0.4, 0.5) is 5.13 Å². The van der Waals surface area contributed by atoms with Gasteiger partial charge in [0.25, 0.3) is 0 Å². The van der Waals surface area contributed by atoms with Crippen molar-refractivity contribution in [2.75, 3.05) is 18.4 Å². The Kier molecular flexibility index (Phi) is 3.37. The zero-order valence-electron chi connectivity index (χ0n) is 8.55. The van der Waals surface area contributed by atoms with Crippen LogP contribution in [0.15, 0.2) is 5.38 Å². The van der Waals surface area contributed by atoms with Crippen LogP contribution >= 0.6 is 11.3 Å². The second kappa shape index (κ2) is 4.75. The molecule has 78 valence electrons. The van der Waals surface area contributed by atoms with Gasteiger partial charge in [-0.25, -0.2) is 4.98 Å². The Hall–Kier alpha value is -0.610. The number of hydrogen-bond donors (Lipinski definition) is 2. The molecule has 3 nitrogen and oxygen atoms in total. The van der Waals surface area contributed by atoms with E-state index in [1.165, 1.54) is 18.5 Å². The van der Waals surface area contributed by atoms with Crippen molar-refractivity contribution in [3.63, 3.8) is 0 Å². The van der Waals surface area contributed by atoms with Crippen LogP contribution in [-0.4, -0.2) is 24.1 Å². The standard InChI is InChI=1S/C10H17N3S/c1-2-8-7-14-10(13-8)12-6-5-11-9-3-4-9/h7,9,11H,2-6H2,1H3,(H,12,13). The second-order valence-corrected chi connectivity index (χ2v) is 4.51. The minimum absolute atomic E-state index is 0.805. The fraction of sp³-hybridized carbons (Fsp3) is 0.700. The summed E-state index contributed by atoms with van der Waals surface area (Å²) in [6.45, 7) is 4.16. The molecular weight excluding hydrogens is 194 g/mol. The topological polar surface area (TPSA) is 37.0 Å². The molecule has 2 N–H and O–H groups in total. The van der Waals surface area contributed by atoms with E-state index in [1.54, 1.807) is 11.3 Å². The van der Waals surface area contributed by atoms with Crippen LogP contribution in [-0.2, 0) is 6.42 Å². The quantitative estimate of drug-likeness (QED) is 0.705. The van der Waals surface area contributed by atoms with E-state index in [4.69, 9.17) is 0 Å². The molecule has 0 amide bonds. The van der Waals surface area contributed by atoms with E-state index in [9.17, 15) is 0 Å². The third-order valence-corrected chi connectivity index (χ3v) is 3.17. The van der Waals surface area contributed by atoms with Crippen LogP contribution in [0.25, 0.3) is 0 Å². The highest BCUT2D eigenvalue weighted by molar-refractivity contribution is 7.13. The molecular formula is C10H17N3S. The molecule has 2 rings (SSSR count). The fourth-order valence-electron chi connectivity index (χ4n) is 1.28. The van der Waals surface area contributed by atoms with Crippen molar-refractivity contribution in [3.8, 4) is 0 Å². The van der Waals surface area contributed by atoms with E-state index in [1.807, 2.05) is 0 Å². The molecule has 0 aliphatic heterocycles. The van der Waals surface area contributed by atoms with Gasteiger partial charge in [0.1, 0.15) is 0 Å². The van der Waals surface area contributed by atoms with Gasteiger partial charge in [0.2, 0.25) is 0 Å². The molecule has 0 unspecified atom stereocenters. The first-order chi connectivity index (χ1) is 6.88. The fourth-order valence-corrected chi connectivity index (χ4v) is 2.11. The Balaban J connectivity index is 1.63. The monoisotopic (exact) mass is 211 g/mol. The average Bonchev–Trinajstić information content (AvgIpc) is 2.91. The number of anilines is 1. The minimum Gasteiger partial charge on any atom is -0.360 e. The van der Waals surface area contributed by atoms with Gasteiger partial charge in [0, 0.05) is 24.5 Å². The maximum absolute atomic E-state index is 4.44. The van der Waals surface area contributed by atoms with Gasteiger partial charge < -0.3 is 10.6 Å². The van der Waals surface area contributed by atoms with Gasteiger partial charge >= 0.3 is 0 Å². The van der Waals surface area contributed by atoms with Crippen LogP contribution in [0, 0.1) is 0 Å². The zero-order chi connectivity index (χ0) is 9.80. The molecule has 14 heavy (non-hydrogen) atoms. The highest BCUT2D eigenvalue weighted by Crippen LogP contribution is 2.18. The van der Waals surface area contributed by atoms with Crippen molar-refractivity contribution in [2.24, 2.45) is 0 Å². The van der Waals surface area contributed by atoms with Gasteiger partial charge in [-0.05, 0) is 19.3 Å². The number of hydrogen-bond acceptors (Lipinski definition) is 4. The van der Waals surface area contributed by atoms with E-state index < -0.39 is 0 Å². The number of aromatic nitrogens is 1. The first kappa shape index (κ1) is 9.93. The van der Waals surface area contributed by atoms with Crippen molar-refractivity contribution in [3.05, 3.63) is 11.1 Å². The first-order valence-corrected chi connectivity index (χ1v) is 6.18. The molecule has 1 aromatic heterocycles. The van der Waals surface area contributed by atoms with E-state index >= 15 is 0 Å². The van der Waals surface area contributed by atoms with Crippen molar-refractivity contribution in [1.82, 2.24) is 10.3 Å². The Bertz CT molecular complexity index is 281. The largest absolute Gasteiger partial charge is 0.360 e. The van der Waals surface area contributed by atoms with Gasteiger partial charge in [0.15, 0.2) is 5.13 Å². The Morgan fingerprint density at radius 3 is 3.00 bits per heavy atom. The van der Waals surface area contributed by atoms with Gasteiger partial charge in [0.05, 0.1) is 5.69 Å². The summed E-state index contributed by atoms with van der Waals surface area (Å²) in [4.78, 5) is 4.44. The predicted octanol–water partition coefficient (Wildman–Crippen LogP) is 1.87. The van der Waals surface area contributed by atoms with Gasteiger partial charge in [-0.15, -0.1) is 11.3 Å². The van der Waals surface area contributed by atoms with Crippen molar-refractivity contribution in [1.29, 1.82) is 0 Å². The summed E-state index contributed by atoms with van der Waals surface area (Å²) in [7, 11) is 0. The summed E-state index contributed by atoms with van der Waals surface area (Å²) >= 11 is 1.70. The summed E-state index contributed by atoms with van der Waals surface area (Å²) in [6, 6.07) is 0.805. The smallest absolute Gasteiger partial charge is 0.182 e. The molecule has 1 aromatic rings. The Morgan fingerprint density at radius 2 is 2.36 bits per heavy atom. The molecule has 0 atom stereocenters. The Labute approximate surface area is 88.9 Å². The van der Waals surface area contributed by atoms with E-state index in [2.05, 4.69) is 27.9 Å². The van der Waals surface area contributed by atoms with Crippen molar-refractivity contribution < 1.29 is 0 Å². The molecule has 0 bridgehead atoms. The highest BCUT2D eigenvalue weighted by Gasteiger charge is 2.19. The number of thiazole rings is 1. The summed E-state index contributed by atoms with van der Waals surface area (Å²) in [5.41, 5.74) is 1.19. The lowest BCUT2D eigenvalue weighted by molar-refractivity contribution is 0.701. The second-order valence-electron chi connectivity index (χ2n) is 3.65. The molecule has 1 aliphatic rings. The molecule has 4 heteroatoms. The molecule has 1 saturated carbocycles. The number of rotatable bonds is 6. The van der Waals surface area contributed by atoms with Crippen LogP contribution in [0.2, 0.25) is 0 Å². The van der Waals surface area contributed by atoms with E-state index in [-0.39, 0.29) is 0 Å². The summed E-state index contributed by atoms with van der Waals surface area (Å²) in [6.07, 6.45) is 3.74. The Morgan fingerprint density at radius 1 is 1.50 bits per heavy atom. The third-order valence-electron chi connectivity index (χ3n) is 2.33. The summed E-state index contributed by atoms with van der Waals surface area (Å²) < 4.78 is 0. The van der Waals surface area contributed by atoms with Gasteiger partial charge in [-0.2, -0.15) is 0 Å².